The predicted molar refractivity (Wildman–Crippen MR) is 102 cm³/mol. The maximum atomic E-state index is 13.0. The minimum absolute atomic E-state index is 0.0314. The van der Waals surface area contributed by atoms with E-state index in [1.807, 2.05) is 0 Å². The second kappa shape index (κ2) is 8.33. The van der Waals surface area contributed by atoms with Gasteiger partial charge in [0.25, 0.3) is 5.91 Å². The van der Waals surface area contributed by atoms with E-state index in [2.05, 4.69) is 5.32 Å². The lowest BCUT2D eigenvalue weighted by Crippen LogP contribution is -2.17. The lowest BCUT2D eigenvalue weighted by atomic mass is 10.0. The van der Waals surface area contributed by atoms with Crippen molar-refractivity contribution < 1.29 is 35.9 Å². The molecule has 0 aromatic heterocycles. The number of hydrogen-bond donors (Lipinski definition) is 1. The summed E-state index contributed by atoms with van der Waals surface area (Å²) in [5.41, 5.74) is -3.17. The first-order valence-corrected chi connectivity index (χ1v) is 8.88. The molecule has 1 amide bonds. The number of nitrogens with one attached hydrogen (secondary N) is 1. The maximum Gasteiger partial charge on any atom is 0.416 e. The van der Waals surface area contributed by atoms with Crippen molar-refractivity contribution in [2.24, 2.45) is 0 Å². The van der Waals surface area contributed by atoms with Crippen LogP contribution >= 0.6 is 0 Å². The molecule has 3 aromatic carbocycles. The zero-order chi connectivity index (χ0) is 22.8. The quantitative estimate of drug-likeness (QED) is 0.441. The number of alkyl halides is 6. The van der Waals surface area contributed by atoms with E-state index < -0.39 is 35.0 Å². The fourth-order valence-electron chi connectivity index (χ4n) is 2.70. The number of rotatable bonds is 4. The molecule has 0 saturated carbocycles. The van der Waals surface area contributed by atoms with Crippen LogP contribution in [0, 0.1) is 6.92 Å². The Bertz CT molecular complexity index is 1060. The molecular formula is C22H15F6NO2. The van der Waals surface area contributed by atoms with E-state index in [0.29, 0.717) is 29.2 Å². The van der Waals surface area contributed by atoms with Crippen molar-refractivity contribution >= 4 is 11.6 Å². The molecule has 0 aliphatic carbocycles. The van der Waals surface area contributed by atoms with Crippen molar-refractivity contribution in [3.8, 4) is 11.5 Å². The Morgan fingerprint density at radius 3 is 1.90 bits per heavy atom. The van der Waals surface area contributed by atoms with E-state index in [1.165, 1.54) is 6.07 Å². The van der Waals surface area contributed by atoms with Crippen LogP contribution in [0.3, 0.4) is 0 Å². The molecule has 9 heteroatoms. The van der Waals surface area contributed by atoms with E-state index >= 15 is 0 Å². The lowest BCUT2D eigenvalue weighted by molar-refractivity contribution is -0.143. The van der Waals surface area contributed by atoms with Gasteiger partial charge in [-0.3, -0.25) is 4.79 Å². The van der Waals surface area contributed by atoms with Gasteiger partial charge in [0.2, 0.25) is 0 Å². The number of amides is 1. The van der Waals surface area contributed by atoms with E-state index in [1.54, 1.807) is 49.4 Å². The first-order valence-electron chi connectivity index (χ1n) is 8.88. The fourth-order valence-corrected chi connectivity index (χ4v) is 2.70. The van der Waals surface area contributed by atoms with Crippen LogP contribution in [-0.2, 0) is 12.4 Å². The standard InChI is InChI=1S/C22H15F6NO2/c1-13-7-8-18(31-17-5-3-2-4-6-17)12-19(13)29-20(30)14-9-15(21(23,24)25)11-16(10-14)22(26,27)28/h2-12H,1H3,(H,29,30). The van der Waals surface area contributed by atoms with E-state index in [-0.39, 0.29) is 11.8 Å². The zero-order valence-electron chi connectivity index (χ0n) is 15.9. The monoisotopic (exact) mass is 439 g/mol. The average molecular weight is 439 g/mol. The van der Waals surface area contributed by atoms with Crippen LogP contribution < -0.4 is 10.1 Å². The molecule has 0 radical (unpaired) electrons. The molecule has 3 rings (SSSR count). The van der Waals surface area contributed by atoms with Crippen molar-refractivity contribution in [2.45, 2.75) is 19.3 Å². The van der Waals surface area contributed by atoms with E-state index in [0.717, 1.165) is 0 Å². The molecule has 0 heterocycles. The van der Waals surface area contributed by atoms with Crippen molar-refractivity contribution in [2.75, 3.05) is 5.32 Å². The van der Waals surface area contributed by atoms with Crippen LogP contribution in [0.1, 0.15) is 27.0 Å². The predicted octanol–water partition coefficient (Wildman–Crippen LogP) is 7.08. The van der Waals surface area contributed by atoms with Crippen molar-refractivity contribution in [3.05, 3.63) is 89.0 Å². The van der Waals surface area contributed by atoms with Gasteiger partial charge in [-0.1, -0.05) is 24.3 Å². The molecule has 0 aliphatic heterocycles. The van der Waals surface area contributed by atoms with E-state index in [9.17, 15) is 31.1 Å². The topological polar surface area (TPSA) is 38.3 Å². The van der Waals surface area contributed by atoms with E-state index in [4.69, 9.17) is 4.74 Å². The average Bonchev–Trinajstić information content (AvgIpc) is 2.69. The van der Waals surface area contributed by atoms with Crippen molar-refractivity contribution in [1.82, 2.24) is 0 Å². The number of benzene rings is 3. The Morgan fingerprint density at radius 2 is 1.35 bits per heavy atom. The summed E-state index contributed by atoms with van der Waals surface area (Å²) in [5, 5.41) is 2.36. The number of carbonyl (C=O) groups excluding carboxylic acids is 1. The Hall–Kier alpha value is -3.49. The molecule has 162 valence electrons. The summed E-state index contributed by atoms with van der Waals surface area (Å²) in [6, 6.07) is 14.0. The van der Waals surface area contributed by atoms with Crippen molar-refractivity contribution in [1.29, 1.82) is 0 Å². The number of aryl methyl sites for hydroxylation is 1. The van der Waals surface area contributed by atoms with Crippen LogP contribution in [-0.4, -0.2) is 5.91 Å². The van der Waals surface area contributed by atoms with Crippen LogP contribution in [0.4, 0.5) is 32.0 Å². The summed E-state index contributed by atoms with van der Waals surface area (Å²) >= 11 is 0. The minimum atomic E-state index is -5.05. The van der Waals surface area contributed by atoms with Crippen LogP contribution in [0.25, 0.3) is 0 Å². The SMILES string of the molecule is Cc1ccc(Oc2ccccc2)cc1NC(=O)c1cc(C(F)(F)F)cc(C(F)(F)F)c1. The summed E-state index contributed by atoms with van der Waals surface area (Å²) in [6.07, 6.45) is -10.1. The number of hydrogen-bond acceptors (Lipinski definition) is 2. The van der Waals surface area contributed by atoms with Gasteiger partial charge >= 0.3 is 12.4 Å². The second-order valence-electron chi connectivity index (χ2n) is 6.64. The summed E-state index contributed by atoms with van der Waals surface area (Å²) in [7, 11) is 0. The molecule has 0 fully saturated rings. The van der Waals surface area contributed by atoms with Gasteiger partial charge in [-0.15, -0.1) is 0 Å². The number of anilines is 1. The van der Waals surface area contributed by atoms with Crippen LogP contribution in [0.5, 0.6) is 11.5 Å². The van der Waals surface area contributed by atoms with Gasteiger partial charge in [-0.25, -0.2) is 0 Å². The molecule has 0 aliphatic rings. The maximum absolute atomic E-state index is 13.0. The summed E-state index contributed by atoms with van der Waals surface area (Å²) in [4.78, 5) is 12.5. The smallest absolute Gasteiger partial charge is 0.416 e. The molecule has 0 unspecified atom stereocenters. The minimum Gasteiger partial charge on any atom is -0.457 e. The number of para-hydroxylation sites is 1. The normalized spacial score (nSPS) is 11.8. The largest absolute Gasteiger partial charge is 0.457 e. The first-order chi connectivity index (χ1) is 14.4. The number of carbonyl (C=O) groups is 1. The first kappa shape index (κ1) is 22.2. The Balaban J connectivity index is 1.91. The summed E-state index contributed by atoms with van der Waals surface area (Å²) < 4.78 is 83.8. The Morgan fingerprint density at radius 1 is 0.774 bits per heavy atom. The molecule has 31 heavy (non-hydrogen) atoms. The number of ether oxygens (including phenoxy) is 1. The van der Waals surface area contributed by atoms with Gasteiger partial charge in [0, 0.05) is 17.3 Å². The highest BCUT2D eigenvalue weighted by molar-refractivity contribution is 6.05. The zero-order valence-corrected chi connectivity index (χ0v) is 15.9. The van der Waals surface area contributed by atoms with Gasteiger partial charge in [-0.2, -0.15) is 26.3 Å². The lowest BCUT2D eigenvalue weighted by Gasteiger charge is -2.15. The molecule has 0 atom stereocenters. The second-order valence-corrected chi connectivity index (χ2v) is 6.64. The highest BCUT2D eigenvalue weighted by atomic mass is 19.4. The third kappa shape index (κ3) is 5.56. The van der Waals surface area contributed by atoms with Gasteiger partial charge in [-0.05, 0) is 48.9 Å². The Labute approximate surface area is 173 Å². The third-order valence-corrected chi connectivity index (χ3v) is 4.29. The molecule has 0 spiro atoms. The highest BCUT2D eigenvalue weighted by Gasteiger charge is 2.37. The molecule has 0 saturated heterocycles. The Kier molecular flexibility index (Phi) is 5.97. The van der Waals surface area contributed by atoms with Gasteiger partial charge < -0.3 is 10.1 Å². The number of halogens is 6. The molecule has 0 bridgehead atoms. The summed E-state index contributed by atoms with van der Waals surface area (Å²) in [5.74, 6) is -0.278. The summed E-state index contributed by atoms with van der Waals surface area (Å²) in [6.45, 7) is 1.62. The van der Waals surface area contributed by atoms with Gasteiger partial charge in [0.1, 0.15) is 11.5 Å². The molecule has 3 nitrogen and oxygen atoms in total. The van der Waals surface area contributed by atoms with Crippen LogP contribution in [0.2, 0.25) is 0 Å². The highest BCUT2D eigenvalue weighted by Crippen LogP contribution is 2.36. The molecule has 3 aromatic rings. The van der Waals surface area contributed by atoms with Gasteiger partial charge in [0.05, 0.1) is 11.1 Å². The van der Waals surface area contributed by atoms with Gasteiger partial charge in [0.15, 0.2) is 0 Å². The third-order valence-electron chi connectivity index (χ3n) is 4.29. The molecular weight excluding hydrogens is 424 g/mol. The van der Waals surface area contributed by atoms with Crippen LogP contribution in [0.15, 0.2) is 66.7 Å². The fraction of sp³-hybridized carbons (Fsp3) is 0.136. The van der Waals surface area contributed by atoms with Crippen molar-refractivity contribution in [3.63, 3.8) is 0 Å². The molecule has 1 N–H and O–H groups in total.